The first-order valence-electron chi connectivity index (χ1n) is 7.29. The molecule has 0 aliphatic carbocycles. The van der Waals surface area contributed by atoms with Gasteiger partial charge in [0.1, 0.15) is 5.76 Å². The molecular weight excluding hydrogens is 308 g/mol. The number of ether oxygens (including phenoxy) is 1. The minimum Gasteiger partial charge on any atom is -0.467 e. The molecule has 0 radical (unpaired) electrons. The Morgan fingerprint density at radius 1 is 1.45 bits per heavy atom. The normalized spacial score (nSPS) is 28.7. The summed E-state index contributed by atoms with van der Waals surface area (Å²) in [5.41, 5.74) is 0. The highest BCUT2D eigenvalue weighted by molar-refractivity contribution is 7.88. The second-order valence-corrected chi connectivity index (χ2v) is 7.92. The molecule has 3 atom stereocenters. The van der Waals surface area contributed by atoms with Gasteiger partial charge in [-0.15, -0.1) is 0 Å². The third-order valence-electron chi connectivity index (χ3n) is 4.36. The first-order chi connectivity index (χ1) is 10.4. The van der Waals surface area contributed by atoms with Gasteiger partial charge in [0, 0.05) is 25.4 Å². The van der Waals surface area contributed by atoms with Gasteiger partial charge in [-0.1, -0.05) is 0 Å². The molecule has 2 aliphatic heterocycles. The van der Waals surface area contributed by atoms with Crippen molar-refractivity contribution in [2.45, 2.75) is 19.1 Å². The maximum Gasteiger partial charge on any atom is 0.220 e. The molecule has 1 aromatic rings. The van der Waals surface area contributed by atoms with E-state index in [0.717, 1.165) is 0 Å². The molecule has 1 amide bonds. The summed E-state index contributed by atoms with van der Waals surface area (Å²) in [6.45, 7) is 1.72. The lowest BCUT2D eigenvalue weighted by Gasteiger charge is -2.17. The highest BCUT2D eigenvalue weighted by Gasteiger charge is 2.46. The van der Waals surface area contributed by atoms with E-state index in [4.69, 9.17) is 9.15 Å². The number of hydrogen-bond donors (Lipinski definition) is 1. The third-order valence-corrected chi connectivity index (χ3v) is 5.60. The molecule has 2 aliphatic rings. The molecule has 3 heterocycles. The summed E-state index contributed by atoms with van der Waals surface area (Å²) in [7, 11) is -3.20. The molecular formula is C14H20N2O5S. The third kappa shape index (κ3) is 3.34. The molecule has 8 heteroatoms. The Morgan fingerprint density at radius 2 is 2.27 bits per heavy atom. The van der Waals surface area contributed by atoms with Gasteiger partial charge in [0.2, 0.25) is 15.9 Å². The first-order valence-corrected chi connectivity index (χ1v) is 9.14. The predicted molar refractivity (Wildman–Crippen MR) is 78.3 cm³/mol. The molecule has 0 bridgehead atoms. The molecule has 22 heavy (non-hydrogen) atoms. The van der Waals surface area contributed by atoms with Crippen LogP contribution >= 0.6 is 0 Å². The largest absolute Gasteiger partial charge is 0.467 e. The highest BCUT2D eigenvalue weighted by Crippen LogP contribution is 2.36. The number of rotatable bonds is 5. The van der Waals surface area contributed by atoms with Crippen molar-refractivity contribution in [2.75, 3.05) is 26.0 Å². The van der Waals surface area contributed by atoms with Crippen molar-refractivity contribution in [3.05, 3.63) is 24.2 Å². The van der Waals surface area contributed by atoms with Crippen LogP contribution in [0.3, 0.4) is 0 Å². The van der Waals surface area contributed by atoms with Crippen molar-refractivity contribution in [1.82, 2.24) is 9.62 Å². The van der Waals surface area contributed by atoms with Crippen LogP contribution in [0.4, 0.5) is 0 Å². The number of carbonyl (C=O) groups excluding carboxylic acids is 1. The van der Waals surface area contributed by atoms with Crippen molar-refractivity contribution in [1.29, 1.82) is 0 Å². The smallest absolute Gasteiger partial charge is 0.220 e. The zero-order chi connectivity index (χ0) is 15.7. The Kier molecular flexibility index (Phi) is 4.24. The number of nitrogens with zero attached hydrogens (tertiary/aromatic N) is 1. The second-order valence-electron chi connectivity index (χ2n) is 5.94. The van der Waals surface area contributed by atoms with Gasteiger partial charge in [-0.3, -0.25) is 4.79 Å². The fourth-order valence-electron chi connectivity index (χ4n) is 3.15. The van der Waals surface area contributed by atoms with Gasteiger partial charge < -0.3 is 14.5 Å². The van der Waals surface area contributed by atoms with Crippen molar-refractivity contribution < 1.29 is 22.4 Å². The van der Waals surface area contributed by atoms with Crippen LogP contribution < -0.4 is 5.32 Å². The van der Waals surface area contributed by atoms with E-state index in [-0.39, 0.29) is 23.8 Å². The topological polar surface area (TPSA) is 88.9 Å². The van der Waals surface area contributed by atoms with Gasteiger partial charge in [0.25, 0.3) is 0 Å². The summed E-state index contributed by atoms with van der Waals surface area (Å²) < 4.78 is 35.5. The van der Waals surface area contributed by atoms with Crippen LogP contribution in [0.2, 0.25) is 0 Å². The molecule has 122 valence electrons. The lowest BCUT2D eigenvalue weighted by atomic mass is 9.90. The zero-order valence-corrected chi connectivity index (χ0v) is 13.2. The standard InChI is InChI=1S/C14H20N2O5S/c1-22(18,19)16-7-12-10(9-21-13(12)8-16)5-14(17)15-6-11-3-2-4-20-11/h2-4,10,12-13H,5-9H2,1H3,(H,15,17)/t10-,12+,13+/m0/s1. The summed E-state index contributed by atoms with van der Waals surface area (Å²) in [4.78, 5) is 12.0. The Labute approximate surface area is 129 Å². The SMILES string of the molecule is CS(=O)(=O)N1C[C@@H]2[C@@H](CC(=O)NCc3ccco3)CO[C@@H]2C1. The van der Waals surface area contributed by atoms with Gasteiger partial charge in [-0.05, 0) is 18.1 Å². The zero-order valence-electron chi connectivity index (χ0n) is 12.4. The summed E-state index contributed by atoms with van der Waals surface area (Å²) in [6, 6.07) is 3.57. The Hall–Kier alpha value is -1.38. The average Bonchev–Trinajstić information content (AvgIpc) is 3.13. The molecule has 3 rings (SSSR count). The van der Waals surface area contributed by atoms with E-state index in [1.165, 1.54) is 10.6 Å². The number of sulfonamides is 1. The highest BCUT2D eigenvalue weighted by atomic mass is 32.2. The molecule has 0 spiro atoms. The Bertz CT molecular complexity index is 628. The van der Waals surface area contributed by atoms with Crippen molar-refractivity contribution in [3.63, 3.8) is 0 Å². The number of nitrogens with one attached hydrogen (secondary N) is 1. The Morgan fingerprint density at radius 3 is 2.95 bits per heavy atom. The molecule has 0 aromatic carbocycles. The molecule has 2 fully saturated rings. The molecule has 7 nitrogen and oxygen atoms in total. The van der Waals surface area contributed by atoms with Gasteiger partial charge in [-0.2, -0.15) is 4.31 Å². The van der Waals surface area contributed by atoms with E-state index < -0.39 is 10.0 Å². The lowest BCUT2D eigenvalue weighted by molar-refractivity contribution is -0.122. The fraction of sp³-hybridized carbons (Fsp3) is 0.643. The number of hydrogen-bond acceptors (Lipinski definition) is 5. The van der Waals surface area contributed by atoms with E-state index in [2.05, 4.69) is 5.32 Å². The first kappa shape index (κ1) is 15.5. The van der Waals surface area contributed by atoms with E-state index in [1.807, 2.05) is 0 Å². The van der Waals surface area contributed by atoms with E-state index in [9.17, 15) is 13.2 Å². The van der Waals surface area contributed by atoms with Gasteiger partial charge in [0.15, 0.2) is 0 Å². The second kappa shape index (κ2) is 6.02. The van der Waals surface area contributed by atoms with Crippen LogP contribution in [0.5, 0.6) is 0 Å². The van der Waals surface area contributed by atoms with Crippen molar-refractivity contribution >= 4 is 15.9 Å². The molecule has 2 saturated heterocycles. The minimum atomic E-state index is -3.20. The van der Waals surface area contributed by atoms with Crippen LogP contribution in [-0.2, 0) is 26.1 Å². The van der Waals surface area contributed by atoms with E-state index in [0.29, 0.717) is 38.4 Å². The number of fused-ring (bicyclic) bond motifs is 1. The average molecular weight is 328 g/mol. The maximum atomic E-state index is 12.0. The van der Waals surface area contributed by atoms with E-state index in [1.54, 1.807) is 18.4 Å². The van der Waals surface area contributed by atoms with Gasteiger partial charge in [-0.25, -0.2) is 8.42 Å². The quantitative estimate of drug-likeness (QED) is 0.834. The number of furan rings is 1. The molecule has 1 aromatic heterocycles. The van der Waals surface area contributed by atoms with Crippen molar-refractivity contribution in [2.24, 2.45) is 11.8 Å². The van der Waals surface area contributed by atoms with Crippen LogP contribution in [0.15, 0.2) is 22.8 Å². The van der Waals surface area contributed by atoms with Crippen LogP contribution in [0.1, 0.15) is 12.2 Å². The van der Waals surface area contributed by atoms with Gasteiger partial charge in [0.05, 0.1) is 31.8 Å². The Balaban J connectivity index is 1.52. The monoisotopic (exact) mass is 328 g/mol. The fourth-order valence-corrected chi connectivity index (χ4v) is 4.01. The molecule has 0 unspecified atom stereocenters. The van der Waals surface area contributed by atoms with Crippen molar-refractivity contribution in [3.8, 4) is 0 Å². The summed E-state index contributed by atoms with van der Waals surface area (Å²) in [5.74, 6) is 0.805. The van der Waals surface area contributed by atoms with Crippen LogP contribution in [0.25, 0.3) is 0 Å². The summed E-state index contributed by atoms with van der Waals surface area (Å²) >= 11 is 0. The maximum absolute atomic E-state index is 12.0. The summed E-state index contributed by atoms with van der Waals surface area (Å²) in [5, 5.41) is 2.81. The van der Waals surface area contributed by atoms with E-state index >= 15 is 0 Å². The lowest BCUT2D eigenvalue weighted by Crippen LogP contribution is -2.31. The summed E-state index contributed by atoms with van der Waals surface area (Å²) in [6.07, 6.45) is 3.03. The van der Waals surface area contributed by atoms with Crippen LogP contribution in [0, 0.1) is 11.8 Å². The minimum absolute atomic E-state index is 0.0633. The number of carbonyl (C=O) groups is 1. The van der Waals surface area contributed by atoms with Crippen LogP contribution in [-0.4, -0.2) is 50.7 Å². The molecule has 0 saturated carbocycles. The molecule has 1 N–H and O–H groups in total. The van der Waals surface area contributed by atoms with Gasteiger partial charge >= 0.3 is 0 Å². The number of amides is 1. The predicted octanol–water partition coefficient (Wildman–Crippen LogP) is 0.192.